The van der Waals surface area contributed by atoms with E-state index in [2.05, 4.69) is 10.3 Å². The molecule has 5 nitrogen and oxygen atoms in total. The first kappa shape index (κ1) is 17.2. The van der Waals surface area contributed by atoms with Crippen LogP contribution in [0.15, 0.2) is 48.8 Å². The molecule has 0 radical (unpaired) electrons. The highest BCUT2D eigenvalue weighted by molar-refractivity contribution is 5.74. The SMILES string of the molecule is O=C(NCc1ccc(F)cc1)N1CCCC(COc2ccncc2)C1. The number of carbonyl (C=O) groups excluding carboxylic acids is 1. The zero-order valence-corrected chi connectivity index (χ0v) is 14.0. The van der Waals surface area contributed by atoms with Crippen LogP contribution in [0.5, 0.6) is 5.75 Å². The minimum Gasteiger partial charge on any atom is -0.493 e. The summed E-state index contributed by atoms with van der Waals surface area (Å²) < 4.78 is 18.7. The minimum absolute atomic E-state index is 0.0852. The van der Waals surface area contributed by atoms with E-state index in [9.17, 15) is 9.18 Å². The van der Waals surface area contributed by atoms with E-state index in [0.29, 0.717) is 25.6 Å². The standard InChI is InChI=1S/C19H22FN3O2/c20-17-5-3-15(4-6-17)12-22-19(24)23-11-1-2-16(13-23)14-25-18-7-9-21-10-8-18/h3-10,16H,1-2,11-14H2,(H,22,24). The van der Waals surface area contributed by atoms with Gasteiger partial charge in [0.1, 0.15) is 11.6 Å². The fourth-order valence-corrected chi connectivity index (χ4v) is 2.93. The number of hydrogen-bond acceptors (Lipinski definition) is 3. The third kappa shape index (κ3) is 5.17. The number of piperidine rings is 1. The van der Waals surface area contributed by atoms with E-state index < -0.39 is 0 Å². The van der Waals surface area contributed by atoms with Crippen molar-refractivity contribution in [1.29, 1.82) is 0 Å². The molecule has 3 rings (SSSR count). The Hall–Kier alpha value is -2.63. The number of likely N-dealkylation sites (tertiary alicyclic amines) is 1. The molecule has 0 saturated carbocycles. The smallest absolute Gasteiger partial charge is 0.317 e. The summed E-state index contributed by atoms with van der Waals surface area (Å²) in [7, 11) is 0. The fourth-order valence-electron chi connectivity index (χ4n) is 2.93. The summed E-state index contributed by atoms with van der Waals surface area (Å²) in [6.45, 7) is 2.42. The lowest BCUT2D eigenvalue weighted by Crippen LogP contribution is -2.46. The number of benzene rings is 1. The molecule has 1 aliphatic rings. The van der Waals surface area contributed by atoms with Crippen LogP contribution in [0.25, 0.3) is 0 Å². The average Bonchev–Trinajstić information content (AvgIpc) is 2.67. The number of nitrogens with one attached hydrogen (secondary N) is 1. The van der Waals surface area contributed by atoms with E-state index in [1.54, 1.807) is 24.5 Å². The lowest BCUT2D eigenvalue weighted by Gasteiger charge is -2.32. The number of rotatable bonds is 5. The molecule has 1 unspecified atom stereocenters. The van der Waals surface area contributed by atoms with Crippen molar-refractivity contribution >= 4 is 6.03 Å². The first-order valence-electron chi connectivity index (χ1n) is 8.51. The van der Waals surface area contributed by atoms with Crippen LogP contribution in [0.1, 0.15) is 18.4 Å². The highest BCUT2D eigenvalue weighted by Gasteiger charge is 2.24. The second-order valence-electron chi connectivity index (χ2n) is 6.23. The zero-order valence-electron chi connectivity index (χ0n) is 14.0. The van der Waals surface area contributed by atoms with E-state index in [1.165, 1.54) is 12.1 Å². The molecule has 1 fully saturated rings. The molecule has 1 aromatic carbocycles. The van der Waals surface area contributed by atoms with Gasteiger partial charge in [-0.05, 0) is 42.7 Å². The Kier molecular flexibility index (Phi) is 5.82. The van der Waals surface area contributed by atoms with E-state index in [-0.39, 0.29) is 11.8 Å². The number of amides is 2. The van der Waals surface area contributed by atoms with Gasteiger partial charge in [0.15, 0.2) is 0 Å². The van der Waals surface area contributed by atoms with Crippen LogP contribution < -0.4 is 10.1 Å². The molecule has 25 heavy (non-hydrogen) atoms. The second-order valence-corrected chi connectivity index (χ2v) is 6.23. The molecule has 1 atom stereocenters. The number of aromatic nitrogens is 1. The molecule has 2 heterocycles. The van der Waals surface area contributed by atoms with Gasteiger partial charge in [0.05, 0.1) is 6.61 Å². The summed E-state index contributed by atoms with van der Waals surface area (Å²) in [6, 6.07) is 9.72. The molecule has 1 aromatic heterocycles. The van der Waals surface area contributed by atoms with Gasteiger partial charge < -0.3 is 15.0 Å². The van der Waals surface area contributed by atoms with Gasteiger partial charge >= 0.3 is 6.03 Å². The summed E-state index contributed by atoms with van der Waals surface area (Å²) in [6.07, 6.45) is 5.41. The van der Waals surface area contributed by atoms with Gasteiger partial charge in [-0.1, -0.05) is 12.1 Å². The van der Waals surface area contributed by atoms with Crippen LogP contribution in [0.2, 0.25) is 0 Å². The summed E-state index contributed by atoms with van der Waals surface area (Å²) in [5.41, 5.74) is 0.879. The van der Waals surface area contributed by atoms with Crippen molar-refractivity contribution in [1.82, 2.24) is 15.2 Å². The third-order valence-corrected chi connectivity index (χ3v) is 4.30. The second kappa shape index (κ2) is 8.46. The van der Waals surface area contributed by atoms with Gasteiger partial charge in [0.2, 0.25) is 0 Å². The van der Waals surface area contributed by atoms with Crippen LogP contribution in [0, 0.1) is 11.7 Å². The van der Waals surface area contributed by atoms with Crippen molar-refractivity contribution in [2.45, 2.75) is 19.4 Å². The van der Waals surface area contributed by atoms with Gasteiger partial charge in [-0.15, -0.1) is 0 Å². The number of ether oxygens (including phenoxy) is 1. The number of hydrogen-bond donors (Lipinski definition) is 1. The molecule has 1 aliphatic heterocycles. The summed E-state index contributed by atoms with van der Waals surface area (Å²) >= 11 is 0. The lowest BCUT2D eigenvalue weighted by molar-refractivity contribution is 0.137. The Morgan fingerprint density at radius 3 is 2.76 bits per heavy atom. The van der Waals surface area contributed by atoms with Gasteiger partial charge in [0.25, 0.3) is 0 Å². The number of pyridine rings is 1. The average molecular weight is 343 g/mol. The Morgan fingerprint density at radius 2 is 2.00 bits per heavy atom. The number of nitrogens with zero attached hydrogens (tertiary/aromatic N) is 2. The highest BCUT2D eigenvalue weighted by Crippen LogP contribution is 2.18. The molecular weight excluding hydrogens is 321 g/mol. The highest BCUT2D eigenvalue weighted by atomic mass is 19.1. The van der Waals surface area contributed by atoms with Crippen LogP contribution in [-0.4, -0.2) is 35.6 Å². The maximum Gasteiger partial charge on any atom is 0.317 e. The Labute approximate surface area is 146 Å². The molecule has 2 amide bonds. The molecule has 0 spiro atoms. The molecule has 0 aliphatic carbocycles. The van der Waals surface area contributed by atoms with Crippen molar-refractivity contribution < 1.29 is 13.9 Å². The summed E-state index contributed by atoms with van der Waals surface area (Å²) in [5.74, 6) is 0.842. The molecule has 0 bridgehead atoms. The number of carbonyl (C=O) groups is 1. The zero-order chi connectivity index (χ0) is 17.5. The Balaban J connectivity index is 1.45. The van der Waals surface area contributed by atoms with Crippen LogP contribution >= 0.6 is 0 Å². The predicted molar refractivity (Wildman–Crippen MR) is 92.7 cm³/mol. The predicted octanol–water partition coefficient (Wildman–Crippen LogP) is 3.22. The van der Waals surface area contributed by atoms with E-state index in [4.69, 9.17) is 4.74 Å². The minimum atomic E-state index is -0.275. The maximum absolute atomic E-state index is 12.9. The molecule has 1 saturated heterocycles. The van der Waals surface area contributed by atoms with Gasteiger partial charge in [-0.25, -0.2) is 9.18 Å². The molecule has 2 aromatic rings. The lowest BCUT2D eigenvalue weighted by atomic mass is 9.99. The summed E-state index contributed by atoms with van der Waals surface area (Å²) in [4.78, 5) is 18.1. The van der Waals surface area contributed by atoms with Crippen molar-refractivity contribution in [3.8, 4) is 5.75 Å². The maximum atomic E-state index is 12.9. The molecule has 132 valence electrons. The van der Waals surface area contributed by atoms with Crippen LogP contribution in [0.3, 0.4) is 0 Å². The quantitative estimate of drug-likeness (QED) is 0.907. The number of urea groups is 1. The number of halogens is 1. The molecule has 6 heteroatoms. The monoisotopic (exact) mass is 343 g/mol. The van der Waals surface area contributed by atoms with Crippen molar-refractivity contribution in [2.75, 3.05) is 19.7 Å². The summed E-state index contributed by atoms with van der Waals surface area (Å²) in [5, 5.41) is 2.90. The first-order chi connectivity index (χ1) is 12.2. The fraction of sp³-hybridized carbons (Fsp3) is 0.368. The van der Waals surface area contributed by atoms with Gasteiger partial charge in [0, 0.05) is 37.9 Å². The molecular formula is C19H22FN3O2. The Morgan fingerprint density at radius 1 is 1.24 bits per heavy atom. The Bertz CT molecular complexity index is 679. The topological polar surface area (TPSA) is 54.5 Å². The van der Waals surface area contributed by atoms with Crippen molar-refractivity contribution in [2.24, 2.45) is 5.92 Å². The van der Waals surface area contributed by atoms with Crippen molar-refractivity contribution in [3.05, 3.63) is 60.2 Å². The van der Waals surface area contributed by atoms with E-state index in [1.807, 2.05) is 17.0 Å². The van der Waals surface area contributed by atoms with E-state index in [0.717, 1.165) is 30.7 Å². The van der Waals surface area contributed by atoms with Crippen LogP contribution in [0.4, 0.5) is 9.18 Å². The van der Waals surface area contributed by atoms with Gasteiger partial charge in [-0.3, -0.25) is 4.98 Å². The van der Waals surface area contributed by atoms with Gasteiger partial charge in [-0.2, -0.15) is 0 Å². The van der Waals surface area contributed by atoms with E-state index >= 15 is 0 Å². The third-order valence-electron chi connectivity index (χ3n) is 4.30. The largest absolute Gasteiger partial charge is 0.493 e. The molecule has 1 N–H and O–H groups in total. The first-order valence-corrected chi connectivity index (χ1v) is 8.51. The van der Waals surface area contributed by atoms with Crippen molar-refractivity contribution in [3.63, 3.8) is 0 Å². The van der Waals surface area contributed by atoms with Crippen LogP contribution in [-0.2, 0) is 6.54 Å². The normalized spacial score (nSPS) is 17.2.